The Labute approximate surface area is 74.1 Å². The zero-order chi connectivity index (χ0) is 8.86. The average molecular weight is 164 g/mol. The van der Waals surface area contributed by atoms with Gasteiger partial charge in [-0.05, 0) is 18.6 Å². The minimum atomic E-state index is -0.709. The molecule has 0 aromatic heterocycles. The van der Waals surface area contributed by atoms with Crippen LogP contribution < -0.4 is 0 Å². The molecule has 1 aliphatic carbocycles. The summed E-state index contributed by atoms with van der Waals surface area (Å²) in [6, 6.07) is 0. The van der Waals surface area contributed by atoms with Crippen LogP contribution in [-0.2, 0) is 0 Å². The molecule has 0 radical (unpaired) electrons. The Bertz CT molecular complexity index is 195. The highest BCUT2D eigenvalue weighted by Crippen LogP contribution is 2.19. The van der Waals surface area contributed by atoms with E-state index in [1.54, 1.807) is 0 Å². The van der Waals surface area contributed by atoms with Gasteiger partial charge in [0.15, 0.2) is 0 Å². The van der Waals surface area contributed by atoms with E-state index >= 15 is 0 Å². The smallest absolute Gasteiger partial charge is 0.101 e. The first-order chi connectivity index (χ1) is 5.77. The van der Waals surface area contributed by atoms with Crippen LogP contribution in [0.25, 0.3) is 0 Å². The van der Waals surface area contributed by atoms with E-state index in [4.69, 9.17) is 0 Å². The van der Waals surface area contributed by atoms with Gasteiger partial charge in [0.05, 0.1) is 0 Å². The van der Waals surface area contributed by atoms with Gasteiger partial charge in [-0.2, -0.15) is 0 Å². The summed E-state index contributed by atoms with van der Waals surface area (Å²) in [4.78, 5) is 0. The molecule has 0 aliphatic heterocycles. The molecule has 1 N–H and O–H groups in total. The van der Waals surface area contributed by atoms with Gasteiger partial charge in [-0.25, -0.2) is 0 Å². The van der Waals surface area contributed by atoms with Crippen LogP contribution in [0, 0.1) is 0 Å². The molecule has 0 bridgehead atoms. The SMILES string of the molecule is CCCCC1(O)C=CC=CC=C1. The van der Waals surface area contributed by atoms with Gasteiger partial charge < -0.3 is 5.11 Å². The summed E-state index contributed by atoms with van der Waals surface area (Å²) in [6.45, 7) is 2.13. The molecular weight excluding hydrogens is 148 g/mol. The number of rotatable bonds is 3. The summed E-state index contributed by atoms with van der Waals surface area (Å²) < 4.78 is 0. The van der Waals surface area contributed by atoms with Gasteiger partial charge in [0.1, 0.15) is 5.60 Å². The van der Waals surface area contributed by atoms with Crippen LogP contribution in [0.15, 0.2) is 36.5 Å². The number of unbranched alkanes of at least 4 members (excludes halogenated alkanes) is 1. The van der Waals surface area contributed by atoms with Crippen LogP contribution in [0.2, 0.25) is 0 Å². The predicted molar refractivity (Wildman–Crippen MR) is 51.9 cm³/mol. The van der Waals surface area contributed by atoms with E-state index in [-0.39, 0.29) is 0 Å². The molecule has 0 saturated heterocycles. The maximum absolute atomic E-state index is 9.97. The van der Waals surface area contributed by atoms with Gasteiger partial charge in [0.2, 0.25) is 0 Å². The van der Waals surface area contributed by atoms with Crippen molar-refractivity contribution in [3.63, 3.8) is 0 Å². The molecule has 0 aromatic carbocycles. The topological polar surface area (TPSA) is 20.2 Å². The first-order valence-electron chi connectivity index (χ1n) is 4.53. The maximum atomic E-state index is 9.97. The molecule has 12 heavy (non-hydrogen) atoms. The molecule has 0 aromatic rings. The van der Waals surface area contributed by atoms with Crippen LogP contribution >= 0.6 is 0 Å². The fraction of sp³-hybridized carbons (Fsp3) is 0.455. The van der Waals surface area contributed by atoms with Crippen molar-refractivity contribution in [2.24, 2.45) is 0 Å². The molecule has 1 rings (SSSR count). The molecule has 1 nitrogen and oxygen atoms in total. The third-order valence-electron chi connectivity index (χ3n) is 2.03. The van der Waals surface area contributed by atoms with Crippen molar-refractivity contribution in [1.29, 1.82) is 0 Å². The average Bonchev–Trinajstić information content (AvgIpc) is 2.27. The van der Waals surface area contributed by atoms with E-state index in [2.05, 4.69) is 6.92 Å². The monoisotopic (exact) mass is 164 g/mol. The Morgan fingerprint density at radius 2 is 1.67 bits per heavy atom. The molecule has 0 fully saturated rings. The number of aliphatic hydroxyl groups is 1. The molecule has 0 unspecified atom stereocenters. The van der Waals surface area contributed by atoms with Crippen molar-refractivity contribution in [2.45, 2.75) is 31.8 Å². The second-order valence-electron chi connectivity index (χ2n) is 3.20. The first kappa shape index (κ1) is 9.27. The van der Waals surface area contributed by atoms with E-state index in [1.807, 2.05) is 36.5 Å². The van der Waals surface area contributed by atoms with Crippen molar-refractivity contribution >= 4 is 0 Å². The lowest BCUT2D eigenvalue weighted by Gasteiger charge is -2.19. The Kier molecular flexibility index (Phi) is 3.30. The summed E-state index contributed by atoms with van der Waals surface area (Å²) in [5.41, 5.74) is -0.709. The first-order valence-corrected chi connectivity index (χ1v) is 4.53. The van der Waals surface area contributed by atoms with Crippen LogP contribution in [0.1, 0.15) is 26.2 Å². The zero-order valence-electron chi connectivity index (χ0n) is 7.53. The van der Waals surface area contributed by atoms with E-state index < -0.39 is 5.60 Å². The molecule has 0 heterocycles. The van der Waals surface area contributed by atoms with Crippen molar-refractivity contribution in [3.8, 4) is 0 Å². The Morgan fingerprint density at radius 3 is 2.17 bits per heavy atom. The Balaban J connectivity index is 2.57. The van der Waals surface area contributed by atoms with Gasteiger partial charge in [-0.1, -0.05) is 44.1 Å². The lowest BCUT2D eigenvalue weighted by Crippen LogP contribution is -2.21. The largest absolute Gasteiger partial charge is 0.382 e. The van der Waals surface area contributed by atoms with Crippen LogP contribution in [0.5, 0.6) is 0 Å². The summed E-state index contributed by atoms with van der Waals surface area (Å²) in [5, 5.41) is 9.97. The van der Waals surface area contributed by atoms with Gasteiger partial charge in [-0.3, -0.25) is 0 Å². The third kappa shape index (κ3) is 2.67. The fourth-order valence-corrected chi connectivity index (χ4v) is 1.25. The lowest BCUT2D eigenvalue weighted by molar-refractivity contribution is 0.130. The summed E-state index contributed by atoms with van der Waals surface area (Å²) >= 11 is 0. The van der Waals surface area contributed by atoms with E-state index in [0.717, 1.165) is 19.3 Å². The normalized spacial score (nSPS) is 19.5. The van der Waals surface area contributed by atoms with Crippen molar-refractivity contribution < 1.29 is 5.11 Å². The third-order valence-corrected chi connectivity index (χ3v) is 2.03. The van der Waals surface area contributed by atoms with Gasteiger partial charge in [0.25, 0.3) is 0 Å². The molecule has 1 heteroatoms. The van der Waals surface area contributed by atoms with Crippen molar-refractivity contribution in [3.05, 3.63) is 36.5 Å². The highest BCUT2D eigenvalue weighted by atomic mass is 16.3. The number of hydrogen-bond acceptors (Lipinski definition) is 1. The number of allylic oxidation sites excluding steroid dienone is 4. The van der Waals surface area contributed by atoms with Gasteiger partial charge in [0, 0.05) is 0 Å². The molecule has 0 spiro atoms. The summed E-state index contributed by atoms with van der Waals surface area (Å²) in [7, 11) is 0. The fourth-order valence-electron chi connectivity index (χ4n) is 1.25. The van der Waals surface area contributed by atoms with E-state index in [1.165, 1.54) is 0 Å². The minimum Gasteiger partial charge on any atom is -0.382 e. The zero-order valence-corrected chi connectivity index (χ0v) is 7.53. The highest BCUT2D eigenvalue weighted by Gasteiger charge is 2.18. The molecular formula is C11H16O. The minimum absolute atomic E-state index is 0.709. The van der Waals surface area contributed by atoms with Gasteiger partial charge >= 0.3 is 0 Å². The maximum Gasteiger partial charge on any atom is 0.101 e. The van der Waals surface area contributed by atoms with Crippen LogP contribution in [-0.4, -0.2) is 10.7 Å². The quantitative estimate of drug-likeness (QED) is 0.679. The molecule has 66 valence electrons. The Morgan fingerprint density at radius 1 is 1.08 bits per heavy atom. The highest BCUT2D eigenvalue weighted by molar-refractivity contribution is 5.25. The number of hydrogen-bond donors (Lipinski definition) is 1. The molecule has 0 atom stereocenters. The Hall–Kier alpha value is -0.820. The van der Waals surface area contributed by atoms with Crippen LogP contribution in [0.3, 0.4) is 0 Å². The molecule has 0 amide bonds. The summed E-state index contributed by atoms with van der Waals surface area (Å²) in [5.74, 6) is 0. The van der Waals surface area contributed by atoms with E-state index in [0.29, 0.717) is 0 Å². The molecule has 1 aliphatic rings. The van der Waals surface area contributed by atoms with Gasteiger partial charge in [-0.15, -0.1) is 0 Å². The van der Waals surface area contributed by atoms with Crippen LogP contribution in [0.4, 0.5) is 0 Å². The standard InChI is InChI=1S/C11H16O/c1-2-3-8-11(12)9-6-4-5-7-10-11/h4-7,9-10,12H,2-3,8H2,1H3. The van der Waals surface area contributed by atoms with Crippen molar-refractivity contribution in [1.82, 2.24) is 0 Å². The van der Waals surface area contributed by atoms with Crippen molar-refractivity contribution in [2.75, 3.05) is 0 Å². The molecule has 0 saturated carbocycles. The predicted octanol–water partition coefficient (Wildman–Crippen LogP) is 2.59. The summed E-state index contributed by atoms with van der Waals surface area (Å²) in [6.07, 6.45) is 14.4. The second-order valence-corrected chi connectivity index (χ2v) is 3.20. The van der Waals surface area contributed by atoms with E-state index in [9.17, 15) is 5.11 Å². The lowest BCUT2D eigenvalue weighted by atomic mass is 9.96. The second kappa shape index (κ2) is 4.27.